The molecular formula is C22H26N2O. The first-order valence-corrected chi connectivity index (χ1v) is 9.10. The number of phenols is 1. The molecule has 0 saturated heterocycles. The number of likely N-dealkylation sites (N-methyl/N-ethyl adjacent to an activating group) is 1. The van der Waals surface area contributed by atoms with Gasteiger partial charge in [0.2, 0.25) is 0 Å². The molecule has 1 N–H and O–H groups in total. The van der Waals surface area contributed by atoms with Crippen LogP contribution in [0.25, 0.3) is 10.9 Å². The van der Waals surface area contributed by atoms with E-state index in [9.17, 15) is 5.11 Å². The molecule has 0 atom stereocenters. The minimum absolute atomic E-state index is 0.381. The third kappa shape index (κ3) is 2.93. The van der Waals surface area contributed by atoms with E-state index < -0.39 is 0 Å². The van der Waals surface area contributed by atoms with Gasteiger partial charge >= 0.3 is 0 Å². The molecule has 25 heavy (non-hydrogen) atoms. The van der Waals surface area contributed by atoms with Crippen LogP contribution in [0.4, 0.5) is 0 Å². The Morgan fingerprint density at radius 1 is 1.08 bits per heavy atom. The van der Waals surface area contributed by atoms with Gasteiger partial charge in [-0.1, -0.05) is 23.8 Å². The van der Waals surface area contributed by atoms with Crippen LogP contribution < -0.4 is 0 Å². The highest BCUT2D eigenvalue weighted by Crippen LogP contribution is 2.31. The molecule has 2 aromatic carbocycles. The largest absolute Gasteiger partial charge is 0.508 e. The first kappa shape index (κ1) is 16.2. The minimum Gasteiger partial charge on any atom is -0.508 e. The monoisotopic (exact) mass is 334 g/mol. The van der Waals surface area contributed by atoms with Gasteiger partial charge in [-0.25, -0.2) is 0 Å². The van der Waals surface area contributed by atoms with Crippen molar-refractivity contribution in [3.63, 3.8) is 0 Å². The fourth-order valence-corrected chi connectivity index (χ4v) is 4.07. The highest BCUT2D eigenvalue weighted by molar-refractivity contribution is 5.86. The predicted octanol–water partition coefficient (Wildman–Crippen LogP) is 4.19. The number of hydrogen-bond donors (Lipinski definition) is 1. The van der Waals surface area contributed by atoms with Gasteiger partial charge in [-0.05, 0) is 62.2 Å². The third-order valence-corrected chi connectivity index (χ3v) is 5.49. The van der Waals surface area contributed by atoms with Crippen molar-refractivity contribution in [2.75, 3.05) is 13.6 Å². The number of aromatic nitrogens is 1. The predicted molar refractivity (Wildman–Crippen MR) is 103 cm³/mol. The van der Waals surface area contributed by atoms with Crippen molar-refractivity contribution in [3.8, 4) is 5.75 Å². The number of rotatable bonds is 3. The third-order valence-electron chi connectivity index (χ3n) is 5.49. The second-order valence-corrected chi connectivity index (χ2v) is 7.46. The summed E-state index contributed by atoms with van der Waals surface area (Å²) in [5.74, 6) is 0.381. The standard InChI is InChI=1S/C22H26N2O/c1-15-4-6-20-18(12-15)19-14-23(3)10-9-21(19)24(20)11-8-17-5-7-22(25)16(2)13-17/h4-7,12-13,25H,8-11,14H2,1-3H3. The lowest BCUT2D eigenvalue weighted by Gasteiger charge is -2.24. The van der Waals surface area contributed by atoms with E-state index in [4.69, 9.17) is 0 Å². The number of nitrogens with zero attached hydrogens (tertiary/aromatic N) is 2. The van der Waals surface area contributed by atoms with Crippen LogP contribution >= 0.6 is 0 Å². The van der Waals surface area contributed by atoms with Crippen LogP contribution in [0.2, 0.25) is 0 Å². The number of aromatic hydroxyl groups is 1. The SMILES string of the molecule is Cc1ccc2c(c1)c1c(n2CCc2ccc(O)c(C)c2)CCN(C)C1. The number of aryl methyl sites for hydroxylation is 4. The Bertz CT molecular complexity index is 939. The Labute approximate surface area is 149 Å². The van der Waals surface area contributed by atoms with Gasteiger partial charge in [-0.15, -0.1) is 0 Å². The molecule has 130 valence electrons. The normalized spacial score (nSPS) is 14.8. The lowest BCUT2D eigenvalue weighted by atomic mass is 10.0. The van der Waals surface area contributed by atoms with Gasteiger partial charge in [0.25, 0.3) is 0 Å². The van der Waals surface area contributed by atoms with Gasteiger partial charge < -0.3 is 14.6 Å². The highest BCUT2D eigenvalue weighted by atomic mass is 16.3. The van der Waals surface area contributed by atoms with Crippen LogP contribution in [0.3, 0.4) is 0 Å². The highest BCUT2D eigenvalue weighted by Gasteiger charge is 2.22. The summed E-state index contributed by atoms with van der Waals surface area (Å²) in [4.78, 5) is 2.41. The summed E-state index contributed by atoms with van der Waals surface area (Å²) >= 11 is 0. The molecule has 0 spiro atoms. The fourth-order valence-electron chi connectivity index (χ4n) is 4.07. The fraction of sp³-hybridized carbons (Fsp3) is 0.364. The zero-order chi connectivity index (χ0) is 17.6. The molecule has 1 aromatic heterocycles. The molecule has 1 aliphatic heterocycles. The van der Waals surface area contributed by atoms with Crippen LogP contribution in [0, 0.1) is 13.8 Å². The van der Waals surface area contributed by atoms with Crippen LogP contribution in [0.5, 0.6) is 5.75 Å². The van der Waals surface area contributed by atoms with Crippen LogP contribution in [0.1, 0.15) is 27.9 Å². The van der Waals surface area contributed by atoms with E-state index in [1.165, 1.54) is 33.3 Å². The van der Waals surface area contributed by atoms with E-state index in [0.717, 1.165) is 38.0 Å². The van der Waals surface area contributed by atoms with E-state index in [1.54, 1.807) is 0 Å². The van der Waals surface area contributed by atoms with Gasteiger partial charge in [0, 0.05) is 42.7 Å². The molecule has 0 radical (unpaired) electrons. The molecule has 3 heteroatoms. The maximum absolute atomic E-state index is 9.74. The molecule has 2 heterocycles. The smallest absolute Gasteiger partial charge is 0.118 e. The van der Waals surface area contributed by atoms with E-state index in [1.807, 2.05) is 19.1 Å². The first-order valence-electron chi connectivity index (χ1n) is 9.10. The van der Waals surface area contributed by atoms with E-state index >= 15 is 0 Å². The average molecular weight is 334 g/mol. The van der Waals surface area contributed by atoms with E-state index in [2.05, 4.69) is 47.7 Å². The summed E-state index contributed by atoms with van der Waals surface area (Å²) in [5, 5.41) is 11.2. The van der Waals surface area contributed by atoms with Crippen molar-refractivity contribution < 1.29 is 5.11 Å². The molecule has 1 aliphatic rings. The first-order chi connectivity index (χ1) is 12.0. The summed E-state index contributed by atoms with van der Waals surface area (Å²) in [6.07, 6.45) is 2.11. The zero-order valence-corrected chi connectivity index (χ0v) is 15.3. The van der Waals surface area contributed by atoms with Crippen LogP contribution in [-0.4, -0.2) is 28.2 Å². The van der Waals surface area contributed by atoms with Crippen molar-refractivity contribution in [1.82, 2.24) is 9.47 Å². The average Bonchev–Trinajstić information content (AvgIpc) is 2.88. The number of phenolic OH excluding ortho intramolecular Hbond substituents is 1. The second kappa shape index (κ2) is 6.23. The molecule has 3 aromatic rings. The Morgan fingerprint density at radius 3 is 2.72 bits per heavy atom. The molecule has 3 nitrogen and oxygen atoms in total. The topological polar surface area (TPSA) is 28.4 Å². The van der Waals surface area contributed by atoms with E-state index in [0.29, 0.717) is 5.75 Å². The molecule has 0 aliphatic carbocycles. The summed E-state index contributed by atoms with van der Waals surface area (Å²) in [6.45, 7) is 7.29. The molecule has 0 bridgehead atoms. The molecule has 0 amide bonds. The maximum atomic E-state index is 9.74. The van der Waals surface area contributed by atoms with Gasteiger partial charge in [0.05, 0.1) is 0 Å². The zero-order valence-electron chi connectivity index (χ0n) is 15.3. The van der Waals surface area contributed by atoms with Gasteiger partial charge in [0.15, 0.2) is 0 Å². The molecular weight excluding hydrogens is 308 g/mol. The molecule has 4 rings (SSSR count). The lowest BCUT2D eigenvalue weighted by Crippen LogP contribution is -2.27. The number of hydrogen-bond acceptors (Lipinski definition) is 2. The van der Waals surface area contributed by atoms with Gasteiger partial charge in [-0.3, -0.25) is 0 Å². The van der Waals surface area contributed by atoms with Crippen molar-refractivity contribution in [1.29, 1.82) is 0 Å². The summed E-state index contributed by atoms with van der Waals surface area (Å²) in [7, 11) is 2.21. The van der Waals surface area contributed by atoms with Crippen molar-refractivity contribution >= 4 is 10.9 Å². The summed E-state index contributed by atoms with van der Waals surface area (Å²) in [6, 6.07) is 12.8. The quantitative estimate of drug-likeness (QED) is 0.778. The maximum Gasteiger partial charge on any atom is 0.118 e. The van der Waals surface area contributed by atoms with Crippen LogP contribution in [-0.2, 0) is 25.9 Å². The van der Waals surface area contributed by atoms with Gasteiger partial charge in [-0.2, -0.15) is 0 Å². The molecule has 0 saturated carbocycles. The van der Waals surface area contributed by atoms with Crippen molar-refractivity contribution in [3.05, 3.63) is 64.3 Å². The van der Waals surface area contributed by atoms with Crippen LogP contribution in [0.15, 0.2) is 36.4 Å². The summed E-state index contributed by atoms with van der Waals surface area (Å²) < 4.78 is 2.53. The van der Waals surface area contributed by atoms with Crippen molar-refractivity contribution in [2.24, 2.45) is 0 Å². The molecule has 0 fully saturated rings. The van der Waals surface area contributed by atoms with Crippen molar-refractivity contribution in [2.45, 2.75) is 39.8 Å². The van der Waals surface area contributed by atoms with Gasteiger partial charge in [0.1, 0.15) is 5.75 Å². The summed E-state index contributed by atoms with van der Waals surface area (Å²) in [5.41, 5.74) is 7.94. The Morgan fingerprint density at radius 2 is 1.92 bits per heavy atom. The Hall–Kier alpha value is -2.26. The Balaban J connectivity index is 1.72. The lowest BCUT2D eigenvalue weighted by molar-refractivity contribution is 0.309. The minimum atomic E-state index is 0.381. The molecule has 0 unspecified atom stereocenters. The van der Waals surface area contributed by atoms with E-state index in [-0.39, 0.29) is 0 Å². The Kier molecular flexibility index (Phi) is 4.04. The number of benzene rings is 2. The number of fused-ring (bicyclic) bond motifs is 3. The second-order valence-electron chi connectivity index (χ2n) is 7.46.